The number of benzene rings is 1. The van der Waals surface area contributed by atoms with Crippen LogP contribution in [0.1, 0.15) is 42.4 Å². The van der Waals surface area contributed by atoms with Crippen LogP contribution in [0.3, 0.4) is 0 Å². The molecule has 0 spiro atoms. The maximum absolute atomic E-state index is 14.5. The number of nitrogen functional groups attached to an aromatic ring is 1. The third-order valence-electron chi connectivity index (χ3n) is 5.94. The van der Waals surface area contributed by atoms with Crippen molar-refractivity contribution in [3.05, 3.63) is 54.2 Å². The largest absolute Gasteiger partial charge is 0.496 e. The molecule has 0 atom stereocenters. The van der Waals surface area contributed by atoms with Gasteiger partial charge in [0.15, 0.2) is 11.4 Å². The number of aromatic nitrogens is 3. The molecule has 1 fully saturated rings. The number of fused-ring (bicyclic) bond motifs is 2. The number of rotatable bonds is 6. The van der Waals surface area contributed by atoms with Gasteiger partial charge in [-0.2, -0.15) is 0 Å². The van der Waals surface area contributed by atoms with Gasteiger partial charge in [0.25, 0.3) is 5.91 Å². The quantitative estimate of drug-likeness (QED) is 0.474. The van der Waals surface area contributed by atoms with Crippen LogP contribution in [-0.2, 0) is 5.67 Å². The second-order valence-corrected chi connectivity index (χ2v) is 8.16. The van der Waals surface area contributed by atoms with Crippen LogP contribution in [0.15, 0.2) is 42.9 Å². The maximum Gasteiger partial charge on any atom is 0.272 e. The van der Waals surface area contributed by atoms with E-state index in [2.05, 4.69) is 15.3 Å². The molecule has 1 amide bonds. The van der Waals surface area contributed by atoms with Crippen LogP contribution in [0, 0.1) is 0 Å². The highest BCUT2D eigenvalue weighted by molar-refractivity contribution is 6.09. The first-order chi connectivity index (χ1) is 15.4. The van der Waals surface area contributed by atoms with Crippen LogP contribution in [0.5, 0.6) is 5.75 Å². The smallest absolute Gasteiger partial charge is 0.272 e. The summed E-state index contributed by atoms with van der Waals surface area (Å²) < 4.78 is 22.0. The first-order valence-electron chi connectivity index (χ1n) is 10.7. The van der Waals surface area contributed by atoms with Crippen molar-refractivity contribution < 1.29 is 13.9 Å². The lowest BCUT2D eigenvalue weighted by atomic mass is 9.98. The van der Waals surface area contributed by atoms with E-state index in [1.54, 1.807) is 25.6 Å². The van der Waals surface area contributed by atoms with E-state index < -0.39 is 5.67 Å². The summed E-state index contributed by atoms with van der Waals surface area (Å²) in [5.41, 5.74) is 8.28. The number of hydrogen-bond donors (Lipinski definition) is 2. The number of halogens is 1. The molecule has 3 aromatic heterocycles. The number of carbonyl (C=O) groups is 1. The fourth-order valence-electron chi connectivity index (χ4n) is 3.97. The molecule has 32 heavy (non-hydrogen) atoms. The number of alkyl halides is 1. The Balaban J connectivity index is 1.65. The number of pyridine rings is 2. The van der Waals surface area contributed by atoms with Gasteiger partial charge in [-0.05, 0) is 24.8 Å². The first kappa shape index (κ1) is 20.2. The van der Waals surface area contributed by atoms with Crippen LogP contribution >= 0.6 is 0 Å². The van der Waals surface area contributed by atoms with Gasteiger partial charge < -0.3 is 20.2 Å². The van der Waals surface area contributed by atoms with Crippen LogP contribution in [0.4, 0.5) is 10.1 Å². The molecule has 1 aliphatic rings. The summed E-state index contributed by atoms with van der Waals surface area (Å²) in [5, 5.41) is 4.34. The molecule has 4 aromatic rings. The Kier molecular flexibility index (Phi) is 4.73. The van der Waals surface area contributed by atoms with Crippen molar-refractivity contribution in [3.8, 4) is 16.9 Å². The van der Waals surface area contributed by atoms with Crippen molar-refractivity contribution in [1.82, 2.24) is 19.7 Å². The highest BCUT2D eigenvalue weighted by atomic mass is 19.1. The van der Waals surface area contributed by atoms with Crippen LogP contribution in [0.2, 0.25) is 0 Å². The number of imidazole rings is 1. The van der Waals surface area contributed by atoms with Crippen LogP contribution < -0.4 is 15.8 Å². The van der Waals surface area contributed by atoms with Gasteiger partial charge in [0.2, 0.25) is 0 Å². The molecule has 164 valence electrons. The van der Waals surface area contributed by atoms with E-state index in [4.69, 9.17) is 10.5 Å². The van der Waals surface area contributed by atoms with E-state index in [1.165, 1.54) is 0 Å². The van der Waals surface area contributed by atoms with E-state index in [-0.39, 0.29) is 11.6 Å². The predicted molar refractivity (Wildman–Crippen MR) is 122 cm³/mol. The van der Waals surface area contributed by atoms with E-state index in [0.29, 0.717) is 42.2 Å². The van der Waals surface area contributed by atoms with Gasteiger partial charge in [-0.1, -0.05) is 25.1 Å². The van der Waals surface area contributed by atoms with E-state index in [9.17, 15) is 9.18 Å². The van der Waals surface area contributed by atoms with Crippen molar-refractivity contribution in [2.24, 2.45) is 0 Å². The Morgan fingerprint density at radius 1 is 1.28 bits per heavy atom. The summed E-state index contributed by atoms with van der Waals surface area (Å²) >= 11 is 0. The summed E-state index contributed by atoms with van der Waals surface area (Å²) in [5.74, 6) is 0.316. The third kappa shape index (κ3) is 3.23. The second-order valence-electron chi connectivity index (χ2n) is 8.16. The second kappa shape index (κ2) is 7.47. The third-order valence-corrected chi connectivity index (χ3v) is 5.94. The molecule has 3 heterocycles. The number of nitrogens with zero attached hydrogens (tertiary/aromatic N) is 3. The van der Waals surface area contributed by atoms with Gasteiger partial charge in [-0.25, -0.2) is 14.4 Å². The summed E-state index contributed by atoms with van der Waals surface area (Å²) in [6.45, 7) is 2.54. The summed E-state index contributed by atoms with van der Waals surface area (Å²) in [6, 6.07) is 7.49. The molecule has 8 heteroatoms. The number of carbonyl (C=O) groups excluding carboxylic acids is 1. The number of amides is 1. The minimum Gasteiger partial charge on any atom is -0.496 e. The average molecular weight is 433 g/mol. The summed E-state index contributed by atoms with van der Waals surface area (Å²) in [4.78, 5) is 21.3. The predicted octanol–water partition coefficient (Wildman–Crippen LogP) is 4.24. The number of nitrogens with two attached hydrogens (primary N) is 1. The van der Waals surface area contributed by atoms with E-state index >= 15 is 0 Å². The molecule has 0 unspecified atom stereocenters. The number of anilines is 1. The van der Waals surface area contributed by atoms with Crippen molar-refractivity contribution in [2.45, 2.75) is 31.9 Å². The Morgan fingerprint density at radius 2 is 2.09 bits per heavy atom. The fourth-order valence-corrected chi connectivity index (χ4v) is 3.97. The summed E-state index contributed by atoms with van der Waals surface area (Å²) in [6.07, 6.45) is 7.10. The van der Waals surface area contributed by atoms with Gasteiger partial charge in [-0.15, -0.1) is 0 Å². The Hall–Kier alpha value is -3.68. The van der Waals surface area contributed by atoms with E-state index in [0.717, 1.165) is 28.3 Å². The van der Waals surface area contributed by atoms with Gasteiger partial charge >= 0.3 is 0 Å². The SMILES string of the molecule is CCCNC(=O)c1ncc2c(-c3cn4cc(C5(F)CC5)nc4cc3OC)cccc2c1N. The molecule has 3 N–H and O–H groups in total. The molecule has 0 bridgehead atoms. The number of hydrogen-bond acceptors (Lipinski definition) is 5. The Labute approximate surface area is 184 Å². The van der Waals surface area contributed by atoms with Crippen molar-refractivity contribution in [1.29, 1.82) is 0 Å². The van der Waals surface area contributed by atoms with Crippen LogP contribution in [0.25, 0.3) is 27.5 Å². The zero-order valence-electron chi connectivity index (χ0n) is 18.0. The molecule has 1 aromatic carbocycles. The lowest BCUT2D eigenvalue weighted by Gasteiger charge is -2.14. The Bertz CT molecular complexity index is 1360. The molecule has 1 aliphatic carbocycles. The Morgan fingerprint density at radius 3 is 2.81 bits per heavy atom. The lowest BCUT2D eigenvalue weighted by molar-refractivity contribution is 0.0950. The molecule has 1 saturated carbocycles. The molecule has 0 radical (unpaired) electrons. The maximum atomic E-state index is 14.5. The van der Waals surface area contributed by atoms with Gasteiger partial charge in [0.1, 0.15) is 11.4 Å². The summed E-state index contributed by atoms with van der Waals surface area (Å²) in [7, 11) is 1.59. The molecular formula is C24H24FN5O2. The fraction of sp³-hybridized carbons (Fsp3) is 0.292. The zero-order chi connectivity index (χ0) is 22.5. The molecular weight excluding hydrogens is 409 g/mol. The van der Waals surface area contributed by atoms with Crippen molar-refractivity contribution >= 4 is 28.0 Å². The molecule has 0 aliphatic heterocycles. The minimum absolute atomic E-state index is 0.211. The molecule has 5 rings (SSSR count). The number of ether oxygens (including phenoxy) is 1. The van der Waals surface area contributed by atoms with Crippen molar-refractivity contribution in [2.75, 3.05) is 19.4 Å². The minimum atomic E-state index is -1.31. The topological polar surface area (TPSA) is 94.5 Å². The number of methoxy groups -OCH3 is 1. The van der Waals surface area contributed by atoms with E-state index in [1.807, 2.05) is 35.7 Å². The van der Waals surface area contributed by atoms with Gasteiger partial charge in [-0.3, -0.25) is 4.79 Å². The zero-order valence-corrected chi connectivity index (χ0v) is 18.0. The van der Waals surface area contributed by atoms with Gasteiger partial charge in [0, 0.05) is 47.5 Å². The molecule has 0 saturated heterocycles. The van der Waals surface area contributed by atoms with Crippen molar-refractivity contribution in [3.63, 3.8) is 0 Å². The number of nitrogens with one attached hydrogen (secondary N) is 1. The first-order valence-corrected chi connectivity index (χ1v) is 10.7. The standard InChI is InChI=1S/C24H24FN5O2/c1-3-9-27-23(31)22-21(26)15-6-4-5-14(16(15)11-28-22)17-12-30-13-19(24(25)7-8-24)29-20(30)10-18(17)32-2/h4-6,10-13H,3,7-9,26H2,1-2H3,(H,27,31). The monoisotopic (exact) mass is 433 g/mol. The molecule has 7 nitrogen and oxygen atoms in total. The average Bonchev–Trinajstić information content (AvgIpc) is 3.41. The van der Waals surface area contributed by atoms with Gasteiger partial charge in [0.05, 0.1) is 18.5 Å². The highest BCUT2D eigenvalue weighted by Crippen LogP contribution is 2.49. The highest BCUT2D eigenvalue weighted by Gasteiger charge is 2.47. The van der Waals surface area contributed by atoms with Crippen LogP contribution in [-0.4, -0.2) is 33.9 Å². The lowest BCUT2D eigenvalue weighted by Crippen LogP contribution is -2.26. The normalized spacial score (nSPS) is 14.6.